The van der Waals surface area contributed by atoms with Gasteiger partial charge in [0.25, 0.3) is 0 Å². The van der Waals surface area contributed by atoms with Gasteiger partial charge in [0.15, 0.2) is 12.1 Å². The van der Waals surface area contributed by atoms with Crippen LogP contribution in [0.3, 0.4) is 0 Å². The van der Waals surface area contributed by atoms with Gasteiger partial charge >= 0.3 is 6.55 Å². The molecule has 3 aromatic heterocycles. The Morgan fingerprint density at radius 1 is 1.18 bits per heavy atom. The molecule has 1 aliphatic heterocycles. The number of fused-ring (bicyclic) bond motifs is 1. The molecule has 5 rings (SSSR count). The molecule has 0 aliphatic carbocycles. The molecule has 0 bridgehead atoms. The number of nitrogens with zero attached hydrogens (tertiary/aromatic N) is 7. The van der Waals surface area contributed by atoms with Crippen LogP contribution in [-0.2, 0) is 10.3 Å². The van der Waals surface area contributed by atoms with Crippen LogP contribution in [0.25, 0.3) is 22.3 Å². The summed E-state index contributed by atoms with van der Waals surface area (Å²) in [4.78, 5) is 13.0. The minimum atomic E-state index is -2.72. The maximum Gasteiger partial charge on any atom is 0.333 e. The molecule has 1 unspecified atom stereocenters. The molecule has 0 saturated carbocycles. The number of alkyl halides is 2. The van der Waals surface area contributed by atoms with Crippen LogP contribution in [0.15, 0.2) is 36.7 Å². The molecule has 4 heterocycles. The summed E-state index contributed by atoms with van der Waals surface area (Å²) in [6, 6.07) is 7.31. The molecule has 0 amide bonds. The Labute approximate surface area is 199 Å². The monoisotopic (exact) mass is 488 g/mol. The number of halogens is 3. The van der Waals surface area contributed by atoms with E-state index in [1.807, 2.05) is 29.1 Å². The summed E-state index contributed by atoms with van der Waals surface area (Å²) < 4.78 is 34.3. The van der Waals surface area contributed by atoms with Crippen molar-refractivity contribution >= 4 is 28.5 Å². The van der Waals surface area contributed by atoms with Gasteiger partial charge in [-0.1, -0.05) is 12.1 Å². The summed E-state index contributed by atoms with van der Waals surface area (Å²) >= 11 is 6.21. The van der Waals surface area contributed by atoms with Crippen LogP contribution in [-0.4, -0.2) is 41.1 Å². The predicted molar refractivity (Wildman–Crippen MR) is 123 cm³/mol. The average Bonchev–Trinajstić information content (AvgIpc) is 3.47. The van der Waals surface area contributed by atoms with E-state index >= 15 is 0 Å². The van der Waals surface area contributed by atoms with Gasteiger partial charge in [0.2, 0.25) is 11.2 Å². The molecule has 1 N–H and O–H groups in total. The van der Waals surface area contributed by atoms with Gasteiger partial charge in [-0.15, -0.1) is 0 Å². The molecule has 178 valence electrons. The number of anilines is 1. The first kappa shape index (κ1) is 22.6. The quantitative estimate of drug-likeness (QED) is 0.399. The van der Waals surface area contributed by atoms with Crippen LogP contribution in [0.1, 0.15) is 51.6 Å². The van der Waals surface area contributed by atoms with Crippen LogP contribution < -0.4 is 5.32 Å². The van der Waals surface area contributed by atoms with Crippen molar-refractivity contribution in [3.8, 4) is 11.4 Å². The Morgan fingerprint density at radius 3 is 2.76 bits per heavy atom. The van der Waals surface area contributed by atoms with Gasteiger partial charge in [0, 0.05) is 23.8 Å². The normalized spacial score (nSPS) is 16.9. The molecule has 1 fully saturated rings. The molecule has 9 nitrogen and oxygen atoms in total. The highest BCUT2D eigenvalue weighted by molar-refractivity contribution is 6.28. The third-order valence-electron chi connectivity index (χ3n) is 5.77. The third-order valence-corrected chi connectivity index (χ3v) is 5.94. The topological polar surface area (TPSA) is 95.6 Å². The maximum atomic E-state index is 12.9. The molecule has 1 saturated heterocycles. The highest BCUT2D eigenvalue weighted by atomic mass is 35.5. The van der Waals surface area contributed by atoms with Crippen LogP contribution in [0.5, 0.6) is 0 Å². The van der Waals surface area contributed by atoms with Gasteiger partial charge in [0.05, 0.1) is 22.9 Å². The lowest BCUT2D eigenvalue weighted by atomic mass is 10.0. The second-order valence-corrected chi connectivity index (χ2v) is 8.98. The number of aromatic nitrogens is 7. The Balaban J connectivity index is 1.46. The van der Waals surface area contributed by atoms with Gasteiger partial charge in [0.1, 0.15) is 0 Å². The minimum absolute atomic E-state index is 0.00521. The Bertz CT molecular complexity index is 1320. The molecular weight excluding hydrogens is 466 g/mol. The van der Waals surface area contributed by atoms with Crippen molar-refractivity contribution < 1.29 is 13.5 Å². The van der Waals surface area contributed by atoms with E-state index in [2.05, 4.69) is 30.5 Å². The maximum absolute atomic E-state index is 12.9. The van der Waals surface area contributed by atoms with Crippen LogP contribution in [0, 0.1) is 0 Å². The van der Waals surface area contributed by atoms with Crippen molar-refractivity contribution in [3.05, 3.63) is 47.6 Å². The summed E-state index contributed by atoms with van der Waals surface area (Å²) in [6.07, 6.45) is 5.99. The van der Waals surface area contributed by atoms with Crippen molar-refractivity contribution in [3.63, 3.8) is 0 Å². The summed E-state index contributed by atoms with van der Waals surface area (Å²) in [7, 11) is 0. The van der Waals surface area contributed by atoms with Gasteiger partial charge in [-0.05, 0) is 56.8 Å². The summed E-state index contributed by atoms with van der Waals surface area (Å²) in [6.45, 7) is 1.58. The Hall–Kier alpha value is -3.18. The fraction of sp³-hybridized carbons (Fsp3) is 0.409. The SMILES string of the molecule is CC(C)(Nc1nc(Cl)nc(-c2ccc3cnn(C4CCCCO4)c3c2)n1)c1ccn(C(F)F)n1. The number of rotatable bonds is 6. The first-order valence-electron chi connectivity index (χ1n) is 10.9. The van der Waals surface area contributed by atoms with E-state index in [9.17, 15) is 8.78 Å². The second kappa shape index (κ2) is 8.88. The fourth-order valence-corrected chi connectivity index (χ4v) is 4.14. The number of benzene rings is 1. The van der Waals surface area contributed by atoms with E-state index in [-0.39, 0.29) is 17.5 Å². The van der Waals surface area contributed by atoms with Gasteiger partial charge < -0.3 is 10.1 Å². The lowest BCUT2D eigenvalue weighted by Gasteiger charge is -2.24. The van der Waals surface area contributed by atoms with E-state index in [1.54, 1.807) is 13.8 Å². The number of nitrogens with one attached hydrogen (secondary N) is 1. The van der Waals surface area contributed by atoms with Crippen molar-refractivity contribution in [2.75, 3.05) is 11.9 Å². The highest BCUT2D eigenvalue weighted by Gasteiger charge is 2.26. The van der Waals surface area contributed by atoms with Crippen LogP contribution >= 0.6 is 11.6 Å². The Kier molecular flexibility index (Phi) is 5.90. The largest absolute Gasteiger partial charge is 0.356 e. The lowest BCUT2D eigenvalue weighted by Crippen LogP contribution is -2.30. The van der Waals surface area contributed by atoms with Crippen molar-refractivity contribution in [1.82, 2.24) is 34.5 Å². The van der Waals surface area contributed by atoms with E-state index in [4.69, 9.17) is 16.3 Å². The zero-order chi connectivity index (χ0) is 23.9. The predicted octanol–water partition coefficient (Wildman–Crippen LogP) is 5.18. The molecule has 12 heteroatoms. The van der Waals surface area contributed by atoms with Gasteiger partial charge in [-0.25, -0.2) is 9.36 Å². The first-order valence-corrected chi connectivity index (χ1v) is 11.3. The van der Waals surface area contributed by atoms with E-state index in [0.717, 1.165) is 42.3 Å². The first-order chi connectivity index (χ1) is 16.3. The molecule has 1 aromatic carbocycles. The summed E-state index contributed by atoms with van der Waals surface area (Å²) in [5, 5.41) is 12.6. The number of hydrogen-bond donors (Lipinski definition) is 1. The van der Waals surface area contributed by atoms with E-state index in [0.29, 0.717) is 16.2 Å². The zero-order valence-corrected chi connectivity index (χ0v) is 19.4. The smallest absolute Gasteiger partial charge is 0.333 e. The molecule has 0 spiro atoms. The molecule has 34 heavy (non-hydrogen) atoms. The zero-order valence-electron chi connectivity index (χ0n) is 18.6. The van der Waals surface area contributed by atoms with Crippen LogP contribution in [0.2, 0.25) is 5.28 Å². The Morgan fingerprint density at radius 2 is 2.03 bits per heavy atom. The summed E-state index contributed by atoms with van der Waals surface area (Å²) in [5.74, 6) is 0.575. The van der Waals surface area contributed by atoms with E-state index in [1.165, 1.54) is 12.3 Å². The second-order valence-electron chi connectivity index (χ2n) is 8.64. The molecule has 4 aromatic rings. The van der Waals surface area contributed by atoms with E-state index < -0.39 is 12.1 Å². The fourth-order valence-electron chi connectivity index (χ4n) is 3.98. The van der Waals surface area contributed by atoms with Gasteiger partial charge in [-0.2, -0.15) is 33.9 Å². The lowest BCUT2D eigenvalue weighted by molar-refractivity contribution is -0.0366. The van der Waals surface area contributed by atoms with Crippen LogP contribution in [0.4, 0.5) is 14.7 Å². The number of hydrogen-bond acceptors (Lipinski definition) is 7. The number of ether oxygens (including phenoxy) is 1. The molecule has 1 atom stereocenters. The average molecular weight is 489 g/mol. The molecular formula is C22H23ClF2N8O. The third kappa shape index (κ3) is 4.45. The van der Waals surface area contributed by atoms with Crippen molar-refractivity contribution in [2.45, 2.75) is 51.4 Å². The van der Waals surface area contributed by atoms with Crippen molar-refractivity contribution in [2.24, 2.45) is 0 Å². The minimum Gasteiger partial charge on any atom is -0.356 e. The summed E-state index contributed by atoms with van der Waals surface area (Å²) in [5.41, 5.74) is 1.21. The van der Waals surface area contributed by atoms with Crippen molar-refractivity contribution in [1.29, 1.82) is 0 Å². The standard InChI is InChI=1S/C22H23ClF2N8O/c1-22(2,16-8-9-32(31-16)20(24)25)30-21-28-18(27-19(23)29-21)13-6-7-14-12-26-33(15(14)11-13)17-5-3-4-10-34-17/h6-9,11-12,17,20H,3-5,10H2,1-2H3,(H,27,28,29,30). The molecule has 1 aliphatic rings. The molecule has 0 radical (unpaired) electrons. The highest BCUT2D eigenvalue weighted by Crippen LogP contribution is 2.30. The van der Waals surface area contributed by atoms with Gasteiger partial charge in [-0.3, -0.25) is 0 Å².